The topological polar surface area (TPSA) is 89.9 Å². The Morgan fingerprint density at radius 2 is 2.15 bits per heavy atom. The quantitative estimate of drug-likeness (QED) is 0.512. The lowest BCUT2D eigenvalue weighted by molar-refractivity contribution is -0.149. The highest BCUT2D eigenvalue weighted by molar-refractivity contribution is 5.80. The number of carboxylic acid groups (broad SMARTS) is 2. The van der Waals surface area contributed by atoms with Gasteiger partial charge in [0.05, 0.1) is 6.42 Å². The van der Waals surface area contributed by atoms with Crippen molar-refractivity contribution in [2.45, 2.75) is 12.5 Å². The van der Waals surface area contributed by atoms with Gasteiger partial charge < -0.3 is 15.5 Å². The van der Waals surface area contributed by atoms with Crippen molar-refractivity contribution in [3.8, 4) is 0 Å². The summed E-state index contributed by atoms with van der Waals surface area (Å²) < 4.78 is 0. The molecule has 1 aliphatic heterocycles. The maximum atomic E-state index is 10.7. The van der Waals surface area contributed by atoms with Gasteiger partial charge in [-0.05, 0) is 0 Å². The Morgan fingerprint density at radius 1 is 1.46 bits per heavy atom. The van der Waals surface area contributed by atoms with Gasteiger partial charge in [0.25, 0.3) is 0 Å². The first-order chi connectivity index (χ1) is 6.11. The highest BCUT2D eigenvalue weighted by Gasteiger charge is 2.29. The normalized spacial score (nSPS) is 20.0. The second-order valence-electron chi connectivity index (χ2n) is 2.92. The smallest absolute Gasteiger partial charge is 0.321 e. The first kappa shape index (κ1) is 9.94. The summed E-state index contributed by atoms with van der Waals surface area (Å²) in [6.07, 6.45) is -0.350. The summed E-state index contributed by atoms with van der Waals surface area (Å²) in [6.45, 7) is 1.75. The maximum absolute atomic E-state index is 10.7. The average Bonchev–Trinajstić information content (AvgIpc) is 2.50. The number of rotatable bonds is 4. The zero-order valence-electron chi connectivity index (χ0n) is 7.06. The van der Waals surface area contributed by atoms with Crippen LogP contribution < -0.4 is 5.32 Å². The average molecular weight is 188 g/mol. The van der Waals surface area contributed by atoms with E-state index < -0.39 is 18.0 Å². The molecular weight excluding hydrogens is 176 g/mol. The van der Waals surface area contributed by atoms with Crippen molar-refractivity contribution >= 4 is 11.9 Å². The molecule has 0 saturated carbocycles. The summed E-state index contributed by atoms with van der Waals surface area (Å²) >= 11 is 0. The monoisotopic (exact) mass is 188 g/mol. The number of aliphatic carboxylic acids is 2. The molecule has 0 aromatic heterocycles. The highest BCUT2D eigenvalue weighted by Crippen LogP contribution is 2.06. The van der Waals surface area contributed by atoms with Crippen LogP contribution in [0.4, 0.5) is 0 Å². The van der Waals surface area contributed by atoms with E-state index in [1.807, 2.05) is 0 Å². The van der Waals surface area contributed by atoms with Crippen molar-refractivity contribution in [3.05, 3.63) is 0 Å². The summed E-state index contributed by atoms with van der Waals surface area (Å²) in [5, 5.41) is 20.2. The Hall–Kier alpha value is -1.14. The molecule has 0 aromatic rings. The second-order valence-corrected chi connectivity index (χ2v) is 2.92. The molecule has 0 bridgehead atoms. The van der Waals surface area contributed by atoms with Crippen LogP contribution in [0.3, 0.4) is 0 Å². The van der Waals surface area contributed by atoms with Crippen molar-refractivity contribution in [1.82, 2.24) is 10.2 Å². The van der Waals surface area contributed by atoms with E-state index in [-0.39, 0.29) is 6.42 Å². The minimum absolute atomic E-state index is 0.350. The molecule has 6 nitrogen and oxygen atoms in total. The van der Waals surface area contributed by atoms with E-state index >= 15 is 0 Å². The van der Waals surface area contributed by atoms with E-state index in [0.717, 1.165) is 0 Å². The SMILES string of the molecule is O=C(O)CC(C(=O)O)N1CCNC1. The standard InChI is InChI=1S/C7H12N2O4/c10-6(11)3-5(7(12)13)9-2-1-8-4-9/h5,8H,1-4H2,(H,10,11)(H,12,13). The van der Waals surface area contributed by atoms with E-state index in [1.165, 1.54) is 0 Å². The molecule has 1 fully saturated rings. The molecule has 1 heterocycles. The molecule has 0 radical (unpaired) electrons. The van der Waals surface area contributed by atoms with Crippen molar-refractivity contribution in [2.75, 3.05) is 19.8 Å². The highest BCUT2D eigenvalue weighted by atomic mass is 16.4. The predicted octanol–water partition coefficient (Wildman–Crippen LogP) is -1.22. The van der Waals surface area contributed by atoms with Crippen molar-refractivity contribution in [1.29, 1.82) is 0 Å². The van der Waals surface area contributed by atoms with Crippen LogP contribution in [0.5, 0.6) is 0 Å². The van der Waals surface area contributed by atoms with Crippen LogP contribution in [0.1, 0.15) is 6.42 Å². The number of carbonyl (C=O) groups is 2. The first-order valence-electron chi connectivity index (χ1n) is 4.00. The van der Waals surface area contributed by atoms with Crippen LogP contribution in [-0.4, -0.2) is 52.9 Å². The van der Waals surface area contributed by atoms with E-state index in [4.69, 9.17) is 10.2 Å². The van der Waals surface area contributed by atoms with Crippen LogP contribution in [0.25, 0.3) is 0 Å². The summed E-state index contributed by atoms with van der Waals surface area (Å²) in [5.74, 6) is -2.16. The number of nitrogens with one attached hydrogen (secondary N) is 1. The van der Waals surface area contributed by atoms with Gasteiger partial charge in [-0.15, -0.1) is 0 Å². The van der Waals surface area contributed by atoms with Crippen LogP contribution in [0.15, 0.2) is 0 Å². The van der Waals surface area contributed by atoms with Crippen LogP contribution in [0.2, 0.25) is 0 Å². The van der Waals surface area contributed by atoms with Crippen LogP contribution >= 0.6 is 0 Å². The van der Waals surface area contributed by atoms with E-state index in [9.17, 15) is 9.59 Å². The van der Waals surface area contributed by atoms with Crippen LogP contribution in [-0.2, 0) is 9.59 Å². The van der Waals surface area contributed by atoms with Gasteiger partial charge >= 0.3 is 11.9 Å². The molecule has 6 heteroatoms. The number of hydrogen-bond acceptors (Lipinski definition) is 4. The van der Waals surface area contributed by atoms with Gasteiger partial charge in [-0.1, -0.05) is 0 Å². The molecule has 13 heavy (non-hydrogen) atoms. The summed E-state index contributed by atoms with van der Waals surface area (Å²) in [4.78, 5) is 22.7. The zero-order chi connectivity index (χ0) is 9.84. The molecule has 1 unspecified atom stereocenters. The first-order valence-corrected chi connectivity index (χ1v) is 4.00. The molecule has 0 aliphatic carbocycles. The summed E-state index contributed by atoms with van der Waals surface area (Å²) in [5.41, 5.74) is 0. The molecule has 1 aliphatic rings. The molecule has 3 N–H and O–H groups in total. The Labute approximate surface area is 75.1 Å². The van der Waals surface area contributed by atoms with Gasteiger partial charge in [-0.3, -0.25) is 14.5 Å². The molecule has 1 rings (SSSR count). The zero-order valence-corrected chi connectivity index (χ0v) is 7.06. The number of nitrogens with zero attached hydrogens (tertiary/aromatic N) is 1. The number of hydrogen-bond donors (Lipinski definition) is 3. The second kappa shape index (κ2) is 4.20. The van der Waals surface area contributed by atoms with Gasteiger partial charge in [0, 0.05) is 19.8 Å². The maximum Gasteiger partial charge on any atom is 0.321 e. The molecule has 0 spiro atoms. The predicted molar refractivity (Wildman–Crippen MR) is 43.3 cm³/mol. The number of carboxylic acids is 2. The van der Waals surface area contributed by atoms with E-state index in [1.54, 1.807) is 4.90 Å². The summed E-state index contributed by atoms with van der Waals surface area (Å²) in [7, 11) is 0. The Bertz CT molecular complexity index is 213. The largest absolute Gasteiger partial charge is 0.481 e. The van der Waals surface area contributed by atoms with E-state index in [2.05, 4.69) is 5.32 Å². The Balaban J connectivity index is 2.55. The van der Waals surface area contributed by atoms with Crippen molar-refractivity contribution < 1.29 is 19.8 Å². The molecule has 74 valence electrons. The minimum atomic E-state index is -1.08. The fraction of sp³-hybridized carbons (Fsp3) is 0.714. The van der Waals surface area contributed by atoms with Crippen molar-refractivity contribution in [3.63, 3.8) is 0 Å². The van der Waals surface area contributed by atoms with Gasteiger partial charge in [-0.2, -0.15) is 0 Å². The molecule has 0 aromatic carbocycles. The summed E-state index contributed by atoms with van der Waals surface area (Å²) in [6, 6.07) is -0.910. The van der Waals surface area contributed by atoms with Crippen LogP contribution in [0, 0.1) is 0 Å². The van der Waals surface area contributed by atoms with Crippen molar-refractivity contribution in [2.24, 2.45) is 0 Å². The fourth-order valence-corrected chi connectivity index (χ4v) is 1.33. The molecule has 0 amide bonds. The molecular formula is C7H12N2O4. The lowest BCUT2D eigenvalue weighted by atomic mass is 10.2. The molecule has 1 atom stereocenters. The lowest BCUT2D eigenvalue weighted by Gasteiger charge is -2.20. The third-order valence-electron chi connectivity index (χ3n) is 1.98. The third kappa shape index (κ3) is 2.67. The van der Waals surface area contributed by atoms with Gasteiger partial charge in [0.1, 0.15) is 6.04 Å². The fourth-order valence-electron chi connectivity index (χ4n) is 1.33. The van der Waals surface area contributed by atoms with E-state index in [0.29, 0.717) is 19.8 Å². The minimum Gasteiger partial charge on any atom is -0.481 e. The van der Waals surface area contributed by atoms with Gasteiger partial charge in [-0.25, -0.2) is 0 Å². The lowest BCUT2D eigenvalue weighted by Crippen LogP contribution is -2.41. The molecule has 1 saturated heterocycles. The van der Waals surface area contributed by atoms with Gasteiger partial charge in [0.15, 0.2) is 0 Å². The Kier molecular flexibility index (Phi) is 3.21. The van der Waals surface area contributed by atoms with Gasteiger partial charge in [0.2, 0.25) is 0 Å². The Morgan fingerprint density at radius 3 is 2.54 bits per heavy atom. The third-order valence-corrected chi connectivity index (χ3v) is 1.98.